The van der Waals surface area contributed by atoms with Gasteiger partial charge in [0.25, 0.3) is 0 Å². The topological polar surface area (TPSA) is 26.3 Å². The first-order chi connectivity index (χ1) is 8.36. The smallest absolute Gasteiger partial charge is 0.416 e. The van der Waals surface area contributed by atoms with Crippen LogP contribution >= 0.6 is 15.9 Å². The first-order valence-corrected chi connectivity index (χ1v) is 6.30. The van der Waals surface area contributed by atoms with Gasteiger partial charge in [0.05, 0.1) is 11.1 Å². The minimum atomic E-state index is -4.39. The van der Waals surface area contributed by atoms with Crippen molar-refractivity contribution < 1.29 is 22.7 Å². The molecule has 1 saturated carbocycles. The normalized spacial score (nSPS) is 23.3. The van der Waals surface area contributed by atoms with Gasteiger partial charge in [-0.1, -0.05) is 15.9 Å². The molecular formula is C12H10BrF3O2. The summed E-state index contributed by atoms with van der Waals surface area (Å²) in [5.74, 6) is -0.576. The zero-order chi connectivity index (χ0) is 13.3. The lowest BCUT2D eigenvalue weighted by atomic mass is 9.96. The minimum Gasteiger partial charge on any atom is -0.459 e. The quantitative estimate of drug-likeness (QED) is 0.611. The van der Waals surface area contributed by atoms with Gasteiger partial charge in [0, 0.05) is 4.83 Å². The molecule has 2 nitrogen and oxygen atoms in total. The van der Waals surface area contributed by atoms with Gasteiger partial charge < -0.3 is 4.74 Å². The molecule has 0 aliphatic heterocycles. The minimum absolute atomic E-state index is 0.135. The molecule has 1 aliphatic carbocycles. The Morgan fingerprint density at radius 2 is 1.78 bits per heavy atom. The predicted octanol–water partition coefficient (Wildman–Crippen LogP) is 3.79. The number of hydrogen-bond donors (Lipinski definition) is 0. The molecule has 6 heteroatoms. The van der Waals surface area contributed by atoms with Gasteiger partial charge in [-0.05, 0) is 37.1 Å². The highest BCUT2D eigenvalue weighted by atomic mass is 79.9. The van der Waals surface area contributed by atoms with Crippen LogP contribution in [0.1, 0.15) is 28.8 Å². The fourth-order valence-corrected chi connectivity index (χ4v) is 2.45. The lowest BCUT2D eigenvalue weighted by Gasteiger charge is -2.30. The molecule has 0 saturated heterocycles. The highest BCUT2D eigenvalue weighted by Crippen LogP contribution is 2.31. The summed E-state index contributed by atoms with van der Waals surface area (Å²) >= 11 is 3.36. The van der Waals surface area contributed by atoms with E-state index in [4.69, 9.17) is 4.74 Å². The number of ether oxygens (including phenoxy) is 1. The number of hydrogen-bond acceptors (Lipinski definition) is 2. The Labute approximate surface area is 110 Å². The molecule has 1 aromatic carbocycles. The van der Waals surface area contributed by atoms with E-state index in [1.54, 1.807) is 0 Å². The highest BCUT2D eigenvalue weighted by molar-refractivity contribution is 9.09. The zero-order valence-corrected chi connectivity index (χ0v) is 10.8. The van der Waals surface area contributed by atoms with Crippen LogP contribution < -0.4 is 0 Å². The summed E-state index contributed by atoms with van der Waals surface area (Å²) in [6, 6.07) is 4.03. The molecule has 0 spiro atoms. The fraction of sp³-hybridized carbons (Fsp3) is 0.417. The summed E-state index contributed by atoms with van der Waals surface area (Å²) in [6.45, 7) is 0. The molecule has 0 bridgehead atoms. The second kappa shape index (κ2) is 4.91. The van der Waals surface area contributed by atoms with E-state index in [0.717, 1.165) is 37.1 Å². The summed E-state index contributed by atoms with van der Waals surface area (Å²) in [4.78, 5) is 12.0. The molecule has 0 atom stereocenters. The molecule has 2 rings (SSSR count). The predicted molar refractivity (Wildman–Crippen MR) is 62.6 cm³/mol. The molecule has 0 radical (unpaired) electrons. The van der Waals surface area contributed by atoms with Crippen molar-refractivity contribution in [2.75, 3.05) is 0 Å². The van der Waals surface area contributed by atoms with Crippen LogP contribution in [0, 0.1) is 0 Å². The standard InChI is InChI=1S/C12H10BrF3O2/c13-9-5-10(6-9)18-11(17)7-1-3-8(4-2-7)12(14,15)16/h1-4,9-10H,5-6H2. The van der Waals surface area contributed by atoms with Crippen molar-refractivity contribution >= 4 is 21.9 Å². The Balaban J connectivity index is 1.99. The van der Waals surface area contributed by atoms with Gasteiger partial charge in [0.2, 0.25) is 0 Å². The first kappa shape index (κ1) is 13.4. The van der Waals surface area contributed by atoms with E-state index in [1.807, 2.05) is 0 Å². The summed E-state index contributed by atoms with van der Waals surface area (Å²) in [7, 11) is 0. The number of carbonyl (C=O) groups is 1. The number of halogens is 4. The van der Waals surface area contributed by atoms with Crippen molar-refractivity contribution in [3.05, 3.63) is 35.4 Å². The van der Waals surface area contributed by atoms with Crippen molar-refractivity contribution in [3.8, 4) is 0 Å². The number of alkyl halides is 4. The van der Waals surface area contributed by atoms with Crippen LogP contribution in [0.3, 0.4) is 0 Å². The van der Waals surface area contributed by atoms with Crippen LogP contribution in [0.25, 0.3) is 0 Å². The van der Waals surface area contributed by atoms with Crippen LogP contribution in [0.15, 0.2) is 24.3 Å². The number of carbonyl (C=O) groups excluding carboxylic acids is 1. The van der Waals surface area contributed by atoms with Crippen molar-refractivity contribution in [2.45, 2.75) is 29.9 Å². The molecular weight excluding hydrogens is 313 g/mol. The number of esters is 1. The largest absolute Gasteiger partial charge is 0.459 e. The SMILES string of the molecule is O=C(OC1CC(Br)C1)c1ccc(C(F)(F)F)cc1. The summed E-state index contributed by atoms with van der Waals surface area (Å²) in [6.07, 6.45) is -3.04. The van der Waals surface area contributed by atoms with Crippen LogP contribution in [-0.4, -0.2) is 16.9 Å². The summed E-state index contributed by atoms with van der Waals surface area (Å²) < 4.78 is 42.1. The molecule has 0 aromatic heterocycles. The maximum absolute atomic E-state index is 12.3. The Morgan fingerprint density at radius 3 is 2.22 bits per heavy atom. The van der Waals surface area contributed by atoms with Crippen molar-refractivity contribution in [1.82, 2.24) is 0 Å². The van der Waals surface area contributed by atoms with E-state index in [2.05, 4.69) is 15.9 Å². The van der Waals surface area contributed by atoms with Gasteiger partial charge in [0.1, 0.15) is 6.10 Å². The third-order valence-corrected chi connectivity index (χ3v) is 3.51. The van der Waals surface area contributed by atoms with Gasteiger partial charge >= 0.3 is 12.1 Å². The molecule has 1 aliphatic rings. The second-order valence-electron chi connectivity index (χ2n) is 4.17. The highest BCUT2D eigenvalue weighted by Gasteiger charge is 2.32. The molecule has 0 N–H and O–H groups in total. The van der Waals surface area contributed by atoms with Gasteiger partial charge in [-0.2, -0.15) is 13.2 Å². The maximum Gasteiger partial charge on any atom is 0.416 e. The molecule has 1 fully saturated rings. The molecule has 0 unspecified atom stereocenters. The Bertz CT molecular complexity index is 436. The van der Waals surface area contributed by atoms with Gasteiger partial charge in [-0.15, -0.1) is 0 Å². The molecule has 18 heavy (non-hydrogen) atoms. The summed E-state index contributed by atoms with van der Waals surface area (Å²) in [5.41, 5.74) is -0.635. The van der Waals surface area contributed by atoms with E-state index in [-0.39, 0.29) is 11.7 Å². The third-order valence-electron chi connectivity index (χ3n) is 2.76. The lowest BCUT2D eigenvalue weighted by molar-refractivity contribution is -0.137. The van der Waals surface area contributed by atoms with Crippen LogP contribution in [0.5, 0.6) is 0 Å². The van der Waals surface area contributed by atoms with E-state index < -0.39 is 17.7 Å². The zero-order valence-electron chi connectivity index (χ0n) is 9.21. The second-order valence-corrected chi connectivity index (χ2v) is 5.47. The average molecular weight is 323 g/mol. The van der Waals surface area contributed by atoms with E-state index >= 15 is 0 Å². The Hall–Kier alpha value is -1.04. The Kier molecular flexibility index (Phi) is 3.66. The van der Waals surface area contributed by atoms with Gasteiger partial charge in [-0.25, -0.2) is 4.79 Å². The average Bonchev–Trinajstić information content (AvgIpc) is 2.26. The molecule has 98 valence electrons. The van der Waals surface area contributed by atoms with E-state index in [1.165, 1.54) is 0 Å². The van der Waals surface area contributed by atoms with Gasteiger partial charge in [0.15, 0.2) is 0 Å². The van der Waals surface area contributed by atoms with E-state index in [0.29, 0.717) is 4.83 Å². The van der Waals surface area contributed by atoms with Crippen LogP contribution in [0.4, 0.5) is 13.2 Å². The molecule has 1 aromatic rings. The molecule has 0 amide bonds. The van der Waals surface area contributed by atoms with Crippen LogP contribution in [-0.2, 0) is 10.9 Å². The summed E-state index contributed by atoms with van der Waals surface area (Å²) in [5, 5.41) is 0. The number of benzene rings is 1. The van der Waals surface area contributed by atoms with Crippen LogP contribution in [0.2, 0.25) is 0 Å². The van der Waals surface area contributed by atoms with Crippen molar-refractivity contribution in [2.24, 2.45) is 0 Å². The third kappa shape index (κ3) is 3.04. The van der Waals surface area contributed by atoms with Gasteiger partial charge in [-0.3, -0.25) is 0 Å². The fourth-order valence-electron chi connectivity index (χ4n) is 1.61. The van der Waals surface area contributed by atoms with Crippen molar-refractivity contribution in [3.63, 3.8) is 0 Å². The first-order valence-electron chi connectivity index (χ1n) is 5.38. The maximum atomic E-state index is 12.3. The number of rotatable bonds is 2. The van der Waals surface area contributed by atoms with E-state index in [9.17, 15) is 18.0 Å². The Morgan fingerprint density at radius 1 is 1.22 bits per heavy atom. The monoisotopic (exact) mass is 322 g/mol. The lowest BCUT2D eigenvalue weighted by Crippen LogP contribution is -2.33. The molecule has 0 heterocycles. The van der Waals surface area contributed by atoms with Crippen molar-refractivity contribution in [1.29, 1.82) is 0 Å².